The first kappa shape index (κ1) is 10.3. The Hall–Kier alpha value is -1.26. The normalized spacial score (nSPS) is 10.3. The van der Waals surface area contributed by atoms with Gasteiger partial charge < -0.3 is 0 Å². The van der Waals surface area contributed by atoms with Gasteiger partial charge >= 0.3 is 0 Å². The second-order valence-electron chi connectivity index (χ2n) is 2.82. The van der Waals surface area contributed by atoms with Gasteiger partial charge in [-0.2, -0.15) is 0 Å². The first-order valence-corrected chi connectivity index (χ1v) is 5.32. The molecule has 2 nitrogen and oxygen atoms in total. The van der Waals surface area contributed by atoms with Crippen molar-refractivity contribution in [2.75, 3.05) is 0 Å². The first-order chi connectivity index (χ1) is 7.20. The largest absolute Gasteiger partial charge is 0.296 e. The number of benzene rings is 1. The topological polar surface area (TPSA) is 30.0 Å². The van der Waals surface area contributed by atoms with Crippen LogP contribution in [0.5, 0.6) is 0 Å². The Labute approximate surface area is 94.3 Å². The Kier molecular flexibility index (Phi) is 2.79. The van der Waals surface area contributed by atoms with E-state index in [9.17, 15) is 9.18 Å². The smallest absolute Gasteiger partial charge is 0.169 e. The maximum absolute atomic E-state index is 12.8. The van der Waals surface area contributed by atoms with Gasteiger partial charge in [0.25, 0.3) is 0 Å². The maximum atomic E-state index is 12.8. The number of aldehydes is 1. The Balaban J connectivity index is 2.49. The predicted octanol–water partition coefficient (Wildman–Crippen LogP) is 3.42. The number of hydrogen-bond donors (Lipinski definition) is 0. The standard InChI is InChI=1S/C10H5ClFNOS/c11-9-3-6(12)1-2-8(9)10-13-7(4-14)5-15-10/h1-5H. The number of halogens is 2. The van der Waals surface area contributed by atoms with Crippen LogP contribution >= 0.6 is 22.9 Å². The highest BCUT2D eigenvalue weighted by molar-refractivity contribution is 7.13. The monoisotopic (exact) mass is 241 g/mol. The molecule has 1 heterocycles. The van der Waals surface area contributed by atoms with Crippen LogP contribution in [0.4, 0.5) is 4.39 Å². The summed E-state index contributed by atoms with van der Waals surface area (Å²) in [7, 11) is 0. The van der Waals surface area contributed by atoms with Gasteiger partial charge in [-0.25, -0.2) is 9.37 Å². The third-order valence-electron chi connectivity index (χ3n) is 1.80. The molecule has 0 aliphatic rings. The molecule has 0 radical (unpaired) electrons. The summed E-state index contributed by atoms with van der Waals surface area (Å²) in [5, 5.41) is 2.53. The van der Waals surface area contributed by atoms with Gasteiger partial charge in [-0.3, -0.25) is 4.79 Å². The van der Waals surface area contributed by atoms with Crippen LogP contribution in [0.3, 0.4) is 0 Å². The molecule has 0 fully saturated rings. The number of hydrogen-bond acceptors (Lipinski definition) is 3. The van der Waals surface area contributed by atoms with Gasteiger partial charge in [-0.15, -0.1) is 11.3 Å². The fourth-order valence-electron chi connectivity index (χ4n) is 1.13. The first-order valence-electron chi connectivity index (χ1n) is 4.07. The molecular formula is C10H5ClFNOS. The van der Waals surface area contributed by atoms with Crippen LogP contribution < -0.4 is 0 Å². The van der Waals surface area contributed by atoms with Crippen molar-refractivity contribution in [3.8, 4) is 10.6 Å². The zero-order chi connectivity index (χ0) is 10.8. The summed E-state index contributed by atoms with van der Waals surface area (Å²) in [5.41, 5.74) is 0.992. The van der Waals surface area contributed by atoms with Crippen LogP contribution in [0.2, 0.25) is 5.02 Å². The molecule has 1 aromatic carbocycles. The molecule has 0 saturated heterocycles. The summed E-state index contributed by atoms with van der Waals surface area (Å²) >= 11 is 7.15. The molecule has 2 aromatic rings. The van der Waals surface area contributed by atoms with Crippen molar-refractivity contribution in [3.05, 3.63) is 40.1 Å². The van der Waals surface area contributed by atoms with E-state index in [0.29, 0.717) is 27.6 Å². The van der Waals surface area contributed by atoms with Gasteiger partial charge in [0.05, 0.1) is 5.02 Å². The fraction of sp³-hybridized carbons (Fsp3) is 0. The highest BCUT2D eigenvalue weighted by Crippen LogP contribution is 2.30. The Morgan fingerprint density at radius 1 is 1.47 bits per heavy atom. The van der Waals surface area contributed by atoms with E-state index in [2.05, 4.69) is 4.98 Å². The number of carbonyl (C=O) groups excluding carboxylic acids is 1. The van der Waals surface area contributed by atoms with Crippen LogP contribution in [-0.4, -0.2) is 11.3 Å². The average Bonchev–Trinajstić information content (AvgIpc) is 2.66. The number of carbonyl (C=O) groups is 1. The minimum absolute atomic E-state index is 0.293. The predicted molar refractivity (Wildman–Crippen MR) is 57.9 cm³/mol. The van der Waals surface area contributed by atoms with Crippen LogP contribution in [0.1, 0.15) is 10.5 Å². The summed E-state index contributed by atoms with van der Waals surface area (Å²) in [6.07, 6.45) is 0.664. The molecule has 0 aliphatic carbocycles. The number of nitrogens with zero attached hydrogens (tertiary/aromatic N) is 1. The van der Waals surface area contributed by atoms with Crippen LogP contribution in [-0.2, 0) is 0 Å². The lowest BCUT2D eigenvalue weighted by molar-refractivity contribution is 0.111. The van der Waals surface area contributed by atoms with Crippen molar-refractivity contribution < 1.29 is 9.18 Å². The van der Waals surface area contributed by atoms with E-state index in [1.807, 2.05) is 0 Å². The lowest BCUT2D eigenvalue weighted by atomic mass is 10.2. The van der Waals surface area contributed by atoms with Gasteiger partial charge in [-0.05, 0) is 18.2 Å². The second kappa shape index (κ2) is 4.08. The van der Waals surface area contributed by atoms with E-state index < -0.39 is 5.82 Å². The van der Waals surface area contributed by atoms with E-state index in [1.54, 1.807) is 11.4 Å². The van der Waals surface area contributed by atoms with Crippen LogP contribution in [0, 0.1) is 5.82 Å². The molecular weight excluding hydrogens is 237 g/mol. The molecule has 0 aliphatic heterocycles. The Morgan fingerprint density at radius 2 is 2.27 bits per heavy atom. The summed E-state index contributed by atoms with van der Waals surface area (Å²) in [6.45, 7) is 0. The van der Waals surface area contributed by atoms with E-state index in [-0.39, 0.29) is 0 Å². The van der Waals surface area contributed by atoms with Gasteiger partial charge in [0.2, 0.25) is 0 Å². The van der Waals surface area contributed by atoms with Gasteiger partial charge in [-0.1, -0.05) is 11.6 Å². The SMILES string of the molecule is O=Cc1csc(-c2ccc(F)cc2Cl)n1. The summed E-state index contributed by atoms with van der Waals surface area (Å²) in [5.74, 6) is -0.393. The van der Waals surface area contributed by atoms with Crippen LogP contribution in [0.25, 0.3) is 10.6 Å². The zero-order valence-corrected chi connectivity index (χ0v) is 8.98. The Morgan fingerprint density at radius 3 is 2.87 bits per heavy atom. The average molecular weight is 242 g/mol. The zero-order valence-electron chi connectivity index (χ0n) is 7.41. The van der Waals surface area contributed by atoms with Crippen molar-refractivity contribution >= 4 is 29.2 Å². The summed E-state index contributed by atoms with van der Waals surface area (Å²) < 4.78 is 12.8. The molecule has 2 rings (SSSR count). The maximum Gasteiger partial charge on any atom is 0.169 e. The molecule has 76 valence electrons. The van der Waals surface area contributed by atoms with Crippen molar-refractivity contribution in [2.24, 2.45) is 0 Å². The van der Waals surface area contributed by atoms with Crippen molar-refractivity contribution in [3.63, 3.8) is 0 Å². The molecule has 15 heavy (non-hydrogen) atoms. The van der Waals surface area contributed by atoms with Crippen LogP contribution in [0.15, 0.2) is 23.6 Å². The molecule has 0 amide bonds. The highest BCUT2D eigenvalue weighted by Gasteiger charge is 2.08. The van der Waals surface area contributed by atoms with Gasteiger partial charge in [0.15, 0.2) is 6.29 Å². The fourth-order valence-corrected chi connectivity index (χ4v) is 2.24. The molecule has 0 bridgehead atoms. The second-order valence-corrected chi connectivity index (χ2v) is 4.08. The number of aromatic nitrogens is 1. The quantitative estimate of drug-likeness (QED) is 0.754. The third kappa shape index (κ3) is 2.06. The Bertz CT molecular complexity index is 512. The van der Waals surface area contributed by atoms with Gasteiger partial charge in [0.1, 0.15) is 16.5 Å². The summed E-state index contributed by atoms with van der Waals surface area (Å²) in [4.78, 5) is 14.5. The highest BCUT2D eigenvalue weighted by atomic mass is 35.5. The molecule has 0 unspecified atom stereocenters. The minimum atomic E-state index is -0.393. The minimum Gasteiger partial charge on any atom is -0.296 e. The lowest BCUT2D eigenvalue weighted by Crippen LogP contribution is -1.82. The van der Waals surface area contributed by atoms with Crippen molar-refractivity contribution in [1.82, 2.24) is 4.98 Å². The molecule has 0 saturated carbocycles. The molecule has 0 N–H and O–H groups in total. The van der Waals surface area contributed by atoms with E-state index in [1.165, 1.54) is 23.5 Å². The molecule has 1 aromatic heterocycles. The van der Waals surface area contributed by atoms with Crippen molar-refractivity contribution in [2.45, 2.75) is 0 Å². The summed E-state index contributed by atoms with van der Waals surface area (Å²) in [6, 6.07) is 4.08. The lowest BCUT2D eigenvalue weighted by Gasteiger charge is -1.99. The molecule has 0 atom stereocenters. The van der Waals surface area contributed by atoms with Crippen molar-refractivity contribution in [1.29, 1.82) is 0 Å². The van der Waals surface area contributed by atoms with E-state index in [4.69, 9.17) is 11.6 Å². The van der Waals surface area contributed by atoms with E-state index >= 15 is 0 Å². The molecule has 0 spiro atoms. The van der Waals surface area contributed by atoms with E-state index in [0.717, 1.165) is 0 Å². The molecule has 5 heteroatoms. The van der Waals surface area contributed by atoms with Gasteiger partial charge in [0, 0.05) is 10.9 Å². The number of thiazole rings is 1. The third-order valence-corrected chi connectivity index (χ3v) is 3.01. The number of rotatable bonds is 2.